The average Bonchev–Trinajstić information content (AvgIpc) is 2.59. The molecule has 0 fully saturated rings. The highest BCUT2D eigenvalue weighted by Gasteiger charge is 2.23. The van der Waals surface area contributed by atoms with E-state index in [1.807, 2.05) is 0 Å². The molecule has 0 aliphatic rings. The zero-order chi connectivity index (χ0) is 20.2. The van der Waals surface area contributed by atoms with Gasteiger partial charge in [-0.15, -0.1) is 0 Å². The van der Waals surface area contributed by atoms with Crippen LogP contribution in [0.3, 0.4) is 0 Å². The quantitative estimate of drug-likeness (QED) is 0.778. The van der Waals surface area contributed by atoms with E-state index >= 15 is 0 Å². The monoisotopic (exact) mass is 398 g/mol. The van der Waals surface area contributed by atoms with Crippen LogP contribution in [-0.4, -0.2) is 34.5 Å². The molecule has 9 heteroatoms. The van der Waals surface area contributed by atoms with Crippen LogP contribution < -0.4 is 14.4 Å². The van der Waals surface area contributed by atoms with Crippen molar-refractivity contribution in [3.05, 3.63) is 53.6 Å². The summed E-state index contributed by atoms with van der Waals surface area (Å²) in [5.41, 5.74) is 0.201. The van der Waals surface area contributed by atoms with E-state index in [4.69, 9.17) is 4.74 Å². The van der Waals surface area contributed by atoms with Gasteiger partial charge in [-0.05, 0) is 36.8 Å². The van der Waals surface area contributed by atoms with Gasteiger partial charge in [-0.3, -0.25) is 4.79 Å². The molecule has 6 nitrogen and oxygen atoms in total. The van der Waals surface area contributed by atoms with E-state index in [-0.39, 0.29) is 23.7 Å². The summed E-state index contributed by atoms with van der Waals surface area (Å²) in [6, 6.07) is 7.91. The first-order chi connectivity index (χ1) is 12.7. The highest BCUT2D eigenvalue weighted by Crippen LogP contribution is 2.25. The Morgan fingerprint density at radius 2 is 1.81 bits per heavy atom. The van der Waals surface area contributed by atoms with Crippen LogP contribution in [0.4, 0.5) is 14.5 Å². The number of carbonyl (C=O) groups excluding carboxylic acids is 1. The number of hydrogen-bond acceptors (Lipinski definition) is 4. The molecule has 146 valence electrons. The third-order valence-electron chi connectivity index (χ3n) is 3.82. The number of benzene rings is 2. The van der Waals surface area contributed by atoms with Crippen molar-refractivity contribution in [3.63, 3.8) is 0 Å². The molecule has 2 rings (SSSR count). The number of nitrogens with zero attached hydrogens (tertiary/aromatic N) is 1. The number of halogens is 2. The number of aryl methyl sites for hydroxylation is 1. The first-order valence-electron chi connectivity index (χ1n) is 8.04. The molecule has 0 spiro atoms. The Bertz CT molecular complexity index is 928. The number of anilines is 1. The molecule has 1 amide bonds. The Balaban J connectivity index is 2.20. The highest BCUT2D eigenvalue weighted by atomic mass is 32.2. The zero-order valence-corrected chi connectivity index (χ0v) is 15.9. The Kier molecular flexibility index (Phi) is 6.50. The van der Waals surface area contributed by atoms with Crippen molar-refractivity contribution in [1.29, 1.82) is 0 Å². The first kappa shape index (κ1) is 20.8. The van der Waals surface area contributed by atoms with Gasteiger partial charge in [-0.1, -0.05) is 12.1 Å². The largest absolute Gasteiger partial charge is 0.495 e. The van der Waals surface area contributed by atoms with Crippen molar-refractivity contribution in [2.24, 2.45) is 0 Å². The fourth-order valence-electron chi connectivity index (χ4n) is 2.54. The molecule has 0 aliphatic carbocycles. The van der Waals surface area contributed by atoms with Crippen LogP contribution in [0.5, 0.6) is 5.75 Å². The van der Waals surface area contributed by atoms with E-state index in [2.05, 4.69) is 4.72 Å². The van der Waals surface area contributed by atoms with E-state index in [1.165, 1.54) is 25.3 Å². The summed E-state index contributed by atoms with van der Waals surface area (Å²) < 4.78 is 60.4. The number of nitrogens with one attached hydrogen (secondary N) is 1. The summed E-state index contributed by atoms with van der Waals surface area (Å²) in [4.78, 5) is 12.6. The van der Waals surface area contributed by atoms with E-state index < -0.39 is 33.3 Å². The van der Waals surface area contributed by atoms with Gasteiger partial charge in [0.1, 0.15) is 28.0 Å². The lowest BCUT2D eigenvalue weighted by atomic mass is 10.2. The van der Waals surface area contributed by atoms with Crippen molar-refractivity contribution >= 4 is 21.6 Å². The number of hydrogen-bond donors (Lipinski definition) is 1. The normalized spacial score (nSPS) is 11.3. The minimum atomic E-state index is -3.95. The molecule has 0 heterocycles. The Morgan fingerprint density at radius 3 is 2.37 bits per heavy atom. The molecule has 0 saturated heterocycles. The number of ether oxygens (including phenoxy) is 1. The minimum Gasteiger partial charge on any atom is -0.495 e. The van der Waals surface area contributed by atoms with Gasteiger partial charge in [0.2, 0.25) is 15.9 Å². The fraction of sp³-hybridized carbons (Fsp3) is 0.278. The summed E-state index contributed by atoms with van der Waals surface area (Å²) in [5, 5.41) is 0. The Morgan fingerprint density at radius 1 is 1.19 bits per heavy atom. The molecule has 2 aromatic rings. The number of amides is 1. The predicted molar refractivity (Wildman–Crippen MR) is 97.3 cm³/mol. The summed E-state index contributed by atoms with van der Waals surface area (Å²) in [6.45, 7) is 2.38. The van der Waals surface area contributed by atoms with E-state index in [9.17, 15) is 22.0 Å². The fourth-order valence-corrected chi connectivity index (χ4v) is 3.81. The lowest BCUT2D eigenvalue weighted by molar-refractivity contribution is -0.116. The molecule has 2 aromatic carbocycles. The summed E-state index contributed by atoms with van der Waals surface area (Å²) in [7, 11) is -2.60. The van der Waals surface area contributed by atoms with Crippen molar-refractivity contribution in [2.75, 3.05) is 25.1 Å². The van der Waals surface area contributed by atoms with Gasteiger partial charge in [0.25, 0.3) is 0 Å². The minimum absolute atomic E-state index is 0.0588. The van der Waals surface area contributed by atoms with E-state index in [0.29, 0.717) is 0 Å². The third kappa shape index (κ3) is 4.81. The number of sulfonamides is 1. The zero-order valence-electron chi connectivity index (χ0n) is 15.1. The lowest BCUT2D eigenvalue weighted by Crippen LogP contribution is -2.38. The van der Waals surface area contributed by atoms with Gasteiger partial charge in [0, 0.05) is 20.0 Å². The third-order valence-corrected chi connectivity index (χ3v) is 5.31. The predicted octanol–water partition coefficient (Wildman–Crippen LogP) is 2.61. The SMILES string of the molecule is COc1ccc(C)cc1S(=O)(=O)NCCN(C(C)=O)c1c(F)cccc1F. The number of carbonyl (C=O) groups is 1. The van der Waals surface area contributed by atoms with Gasteiger partial charge in [-0.25, -0.2) is 21.9 Å². The number of para-hydroxylation sites is 1. The van der Waals surface area contributed by atoms with Crippen LogP contribution in [0, 0.1) is 18.6 Å². The van der Waals surface area contributed by atoms with Crippen LogP contribution >= 0.6 is 0 Å². The molecule has 0 atom stereocenters. The molecule has 0 radical (unpaired) electrons. The Labute approximate surface area is 156 Å². The molecule has 0 aromatic heterocycles. The first-order valence-corrected chi connectivity index (χ1v) is 9.52. The summed E-state index contributed by atoms with van der Waals surface area (Å²) >= 11 is 0. The second kappa shape index (κ2) is 8.45. The lowest BCUT2D eigenvalue weighted by Gasteiger charge is -2.22. The summed E-state index contributed by atoms with van der Waals surface area (Å²) in [5.74, 6) is -2.27. The number of methoxy groups -OCH3 is 1. The average molecular weight is 398 g/mol. The van der Waals surface area contributed by atoms with Crippen LogP contribution in [-0.2, 0) is 14.8 Å². The number of rotatable bonds is 7. The molecule has 1 N–H and O–H groups in total. The topological polar surface area (TPSA) is 75.7 Å². The molecule has 0 bridgehead atoms. The van der Waals surface area contributed by atoms with E-state index in [0.717, 1.165) is 29.5 Å². The van der Waals surface area contributed by atoms with Crippen LogP contribution in [0.15, 0.2) is 41.3 Å². The molecule has 0 aliphatic heterocycles. The maximum atomic E-state index is 13.9. The van der Waals surface area contributed by atoms with Crippen molar-refractivity contribution in [1.82, 2.24) is 4.72 Å². The van der Waals surface area contributed by atoms with Crippen molar-refractivity contribution in [2.45, 2.75) is 18.7 Å². The molecular formula is C18H20F2N2O4S. The second-order valence-electron chi connectivity index (χ2n) is 5.79. The highest BCUT2D eigenvalue weighted by molar-refractivity contribution is 7.89. The van der Waals surface area contributed by atoms with Gasteiger partial charge in [0.05, 0.1) is 7.11 Å². The van der Waals surface area contributed by atoms with E-state index in [1.54, 1.807) is 13.0 Å². The molecule has 27 heavy (non-hydrogen) atoms. The van der Waals surface area contributed by atoms with Gasteiger partial charge < -0.3 is 9.64 Å². The van der Waals surface area contributed by atoms with Gasteiger partial charge >= 0.3 is 0 Å². The Hall–Kier alpha value is -2.52. The van der Waals surface area contributed by atoms with Gasteiger partial charge in [0.15, 0.2) is 0 Å². The van der Waals surface area contributed by atoms with Crippen molar-refractivity contribution in [3.8, 4) is 5.75 Å². The van der Waals surface area contributed by atoms with Gasteiger partial charge in [-0.2, -0.15) is 0 Å². The maximum Gasteiger partial charge on any atom is 0.244 e. The molecule has 0 saturated carbocycles. The maximum absolute atomic E-state index is 13.9. The molecule has 0 unspecified atom stereocenters. The second-order valence-corrected chi connectivity index (χ2v) is 7.53. The summed E-state index contributed by atoms with van der Waals surface area (Å²) in [6.07, 6.45) is 0. The van der Waals surface area contributed by atoms with Crippen molar-refractivity contribution < 1.29 is 26.7 Å². The standard InChI is InChI=1S/C18H20F2N2O4S/c1-12-7-8-16(26-3)17(11-12)27(24,25)21-9-10-22(13(2)23)18-14(19)5-4-6-15(18)20/h4-8,11,21H,9-10H2,1-3H3. The van der Waals surface area contributed by atoms with Crippen LogP contribution in [0.2, 0.25) is 0 Å². The van der Waals surface area contributed by atoms with Crippen LogP contribution in [0.25, 0.3) is 0 Å². The molecular weight excluding hydrogens is 378 g/mol. The van der Waals surface area contributed by atoms with Crippen LogP contribution in [0.1, 0.15) is 12.5 Å². The smallest absolute Gasteiger partial charge is 0.244 e.